The average Bonchev–Trinajstić information content (AvgIpc) is 3.04. The molecule has 0 aliphatic carbocycles. The zero-order chi connectivity index (χ0) is 20.9. The molecule has 0 spiro atoms. The smallest absolute Gasteiger partial charge is 0.333 e. The van der Waals surface area contributed by atoms with Gasteiger partial charge in [-0.1, -0.05) is 24.3 Å². The highest BCUT2D eigenvalue weighted by Crippen LogP contribution is 2.42. The van der Waals surface area contributed by atoms with Gasteiger partial charge in [0, 0.05) is 25.3 Å². The molecule has 8 heteroatoms. The maximum absolute atomic E-state index is 13.0. The van der Waals surface area contributed by atoms with E-state index in [1.807, 2.05) is 18.2 Å². The van der Waals surface area contributed by atoms with E-state index in [1.54, 1.807) is 42.3 Å². The van der Waals surface area contributed by atoms with Crippen LogP contribution in [0.5, 0.6) is 11.6 Å². The van der Waals surface area contributed by atoms with Crippen LogP contribution in [-0.4, -0.2) is 27.2 Å². The van der Waals surface area contributed by atoms with Crippen molar-refractivity contribution in [1.82, 2.24) is 9.13 Å². The van der Waals surface area contributed by atoms with Crippen molar-refractivity contribution in [3.63, 3.8) is 0 Å². The molecule has 8 nitrogen and oxygen atoms in total. The summed E-state index contributed by atoms with van der Waals surface area (Å²) in [6.07, 6.45) is 0. The quantitative estimate of drug-likeness (QED) is 0.707. The van der Waals surface area contributed by atoms with E-state index >= 15 is 0 Å². The van der Waals surface area contributed by atoms with Crippen LogP contribution in [0.15, 0.2) is 58.1 Å². The maximum atomic E-state index is 13.0. The van der Waals surface area contributed by atoms with Crippen LogP contribution >= 0.6 is 0 Å². The van der Waals surface area contributed by atoms with Crippen molar-refractivity contribution in [2.24, 2.45) is 14.1 Å². The van der Waals surface area contributed by atoms with Crippen LogP contribution in [0.25, 0.3) is 0 Å². The Morgan fingerprint density at radius 1 is 1.00 bits per heavy atom. The summed E-state index contributed by atoms with van der Waals surface area (Å²) in [5.74, 6) is 0.451. The van der Waals surface area contributed by atoms with E-state index in [0.29, 0.717) is 22.6 Å². The third-order valence-electron chi connectivity index (χ3n) is 5.30. The second kappa shape index (κ2) is 6.66. The van der Waals surface area contributed by atoms with Crippen LogP contribution in [0.2, 0.25) is 0 Å². The van der Waals surface area contributed by atoms with E-state index in [4.69, 9.17) is 10.1 Å². The van der Waals surface area contributed by atoms with E-state index in [1.165, 1.54) is 14.1 Å². The lowest BCUT2D eigenvalue weighted by molar-refractivity contribution is 0.400. The van der Waals surface area contributed by atoms with Crippen LogP contribution in [0.1, 0.15) is 22.7 Å². The van der Waals surface area contributed by atoms with Gasteiger partial charge in [0.1, 0.15) is 17.1 Å². The lowest BCUT2D eigenvalue weighted by atomic mass is 9.99. The van der Waals surface area contributed by atoms with Gasteiger partial charge in [0.25, 0.3) is 5.56 Å². The summed E-state index contributed by atoms with van der Waals surface area (Å²) in [6.45, 7) is 0. The Labute approximate surface area is 166 Å². The summed E-state index contributed by atoms with van der Waals surface area (Å²) < 4.78 is 7.21. The van der Waals surface area contributed by atoms with Gasteiger partial charge in [0.15, 0.2) is 0 Å². The van der Waals surface area contributed by atoms with Gasteiger partial charge in [-0.15, -0.1) is 0 Å². The van der Waals surface area contributed by atoms with Crippen molar-refractivity contribution in [3.8, 4) is 11.6 Å². The first kappa shape index (κ1) is 18.5. The largest absolute Gasteiger partial charge is 0.497 e. The van der Waals surface area contributed by atoms with Gasteiger partial charge in [-0.3, -0.25) is 19.3 Å². The number of methoxy groups -OCH3 is 1. The van der Waals surface area contributed by atoms with Crippen molar-refractivity contribution in [2.75, 3.05) is 12.0 Å². The molecule has 1 atom stereocenters. The molecule has 3 aromatic rings. The maximum Gasteiger partial charge on any atom is 0.333 e. The number of rotatable bonds is 3. The van der Waals surface area contributed by atoms with Crippen molar-refractivity contribution in [3.05, 3.63) is 86.1 Å². The average molecular weight is 392 g/mol. The number of amidine groups is 1. The van der Waals surface area contributed by atoms with Crippen LogP contribution in [-0.2, 0) is 14.1 Å². The van der Waals surface area contributed by atoms with Crippen LogP contribution in [0.4, 0.5) is 5.69 Å². The molecular formula is C21H20N4O4. The zero-order valence-electron chi connectivity index (χ0n) is 16.2. The van der Waals surface area contributed by atoms with Gasteiger partial charge >= 0.3 is 5.69 Å². The predicted molar refractivity (Wildman–Crippen MR) is 109 cm³/mol. The molecule has 2 heterocycles. The number of nitrogens with one attached hydrogen (secondary N) is 1. The third-order valence-corrected chi connectivity index (χ3v) is 5.30. The molecule has 1 aromatic heterocycles. The Bertz CT molecular complexity index is 1240. The Morgan fingerprint density at radius 2 is 1.66 bits per heavy atom. The summed E-state index contributed by atoms with van der Waals surface area (Å²) in [6, 6.07) is 13.6. The Balaban J connectivity index is 2.02. The van der Waals surface area contributed by atoms with Crippen LogP contribution < -0.4 is 20.9 Å². The number of anilines is 1. The summed E-state index contributed by atoms with van der Waals surface area (Å²) >= 11 is 0. The fourth-order valence-corrected chi connectivity index (χ4v) is 3.75. The first-order valence-electron chi connectivity index (χ1n) is 8.96. The molecule has 29 heavy (non-hydrogen) atoms. The second-order valence-corrected chi connectivity index (χ2v) is 6.85. The predicted octanol–water partition coefficient (Wildman–Crippen LogP) is 1.73. The fourth-order valence-electron chi connectivity index (χ4n) is 3.75. The van der Waals surface area contributed by atoms with Crippen molar-refractivity contribution >= 4 is 11.5 Å². The number of hydrogen-bond acceptors (Lipinski definition) is 5. The molecule has 1 aliphatic rings. The number of ether oxygens (including phenoxy) is 1. The van der Waals surface area contributed by atoms with Crippen LogP contribution in [0, 0.1) is 5.41 Å². The van der Waals surface area contributed by atoms with Gasteiger partial charge in [0.05, 0.1) is 13.2 Å². The van der Waals surface area contributed by atoms with Gasteiger partial charge in [-0.25, -0.2) is 4.79 Å². The van der Waals surface area contributed by atoms with E-state index < -0.39 is 23.2 Å². The van der Waals surface area contributed by atoms with Crippen molar-refractivity contribution in [2.45, 2.75) is 6.04 Å². The first-order valence-corrected chi connectivity index (χ1v) is 8.96. The lowest BCUT2D eigenvalue weighted by Crippen LogP contribution is -2.42. The number of aromatic nitrogens is 2. The highest BCUT2D eigenvalue weighted by molar-refractivity contribution is 6.13. The molecule has 1 aliphatic heterocycles. The second-order valence-electron chi connectivity index (χ2n) is 6.85. The molecule has 1 unspecified atom stereocenters. The minimum absolute atomic E-state index is 0.0418. The van der Waals surface area contributed by atoms with Crippen LogP contribution in [0.3, 0.4) is 0 Å². The fraction of sp³-hybridized carbons (Fsp3) is 0.190. The Kier molecular flexibility index (Phi) is 4.26. The number of nitrogens with zero attached hydrogens (tertiary/aromatic N) is 3. The first-order chi connectivity index (χ1) is 13.9. The summed E-state index contributed by atoms with van der Waals surface area (Å²) in [4.78, 5) is 26.9. The van der Waals surface area contributed by atoms with Gasteiger partial charge in [-0.2, -0.15) is 0 Å². The monoisotopic (exact) mass is 392 g/mol. The highest BCUT2D eigenvalue weighted by atomic mass is 16.5. The highest BCUT2D eigenvalue weighted by Gasteiger charge is 2.40. The van der Waals surface area contributed by atoms with Gasteiger partial charge < -0.3 is 14.7 Å². The molecule has 2 aromatic carbocycles. The molecule has 0 saturated heterocycles. The zero-order valence-corrected chi connectivity index (χ0v) is 16.2. The molecule has 2 N–H and O–H groups in total. The molecule has 148 valence electrons. The van der Waals surface area contributed by atoms with Crippen molar-refractivity contribution < 1.29 is 9.84 Å². The minimum Gasteiger partial charge on any atom is -0.497 e. The molecule has 0 radical (unpaired) electrons. The standard InChI is InChI=1S/C21H20N4O4/c1-23-19(26)16(20(27)24(2)21(23)28)17-14-6-4-5-7-15(14)18(22)25(17)12-8-10-13(29-3)11-9-12/h4-11,17,22,26H,1-3H3. The number of aromatic hydroxyl groups is 1. The number of hydrogen-bond donors (Lipinski definition) is 2. The van der Waals surface area contributed by atoms with E-state index in [2.05, 4.69) is 0 Å². The molecule has 0 bridgehead atoms. The lowest BCUT2D eigenvalue weighted by Gasteiger charge is -2.28. The topological polar surface area (TPSA) is 101 Å². The molecule has 4 rings (SSSR count). The summed E-state index contributed by atoms with van der Waals surface area (Å²) in [5.41, 5.74) is 0.850. The molecular weight excluding hydrogens is 372 g/mol. The SMILES string of the molecule is COc1ccc(N2C(=N)c3ccccc3C2c2c(O)n(C)c(=O)n(C)c2=O)cc1. The normalized spacial score (nSPS) is 15.5. The summed E-state index contributed by atoms with van der Waals surface area (Å²) in [7, 11) is 4.35. The number of fused-ring (bicyclic) bond motifs is 1. The molecule has 0 saturated carbocycles. The minimum atomic E-state index is -0.752. The third kappa shape index (κ3) is 2.64. The Morgan fingerprint density at radius 3 is 2.31 bits per heavy atom. The molecule has 0 fully saturated rings. The van der Waals surface area contributed by atoms with E-state index in [9.17, 15) is 14.7 Å². The van der Waals surface area contributed by atoms with E-state index in [0.717, 1.165) is 9.13 Å². The molecule has 0 amide bonds. The van der Waals surface area contributed by atoms with Gasteiger partial charge in [0.2, 0.25) is 5.88 Å². The van der Waals surface area contributed by atoms with Gasteiger partial charge in [-0.05, 0) is 29.8 Å². The van der Waals surface area contributed by atoms with E-state index in [-0.39, 0.29) is 11.4 Å². The summed E-state index contributed by atoms with van der Waals surface area (Å²) in [5, 5.41) is 19.5. The van der Waals surface area contributed by atoms with Crippen molar-refractivity contribution in [1.29, 1.82) is 5.41 Å². The Hall–Kier alpha value is -3.81. The number of benzene rings is 2.